The molecular formula is C22H32N4OS. The highest BCUT2D eigenvalue weighted by atomic mass is 32.1. The molecule has 0 radical (unpaired) electrons. The summed E-state index contributed by atoms with van der Waals surface area (Å²) in [5.41, 5.74) is 1.06. The SMILES string of the molecule is Cc1nc(N2CCCC[C@H]2C)c2c(C)c(C(=O)N(C)C3CCCCC3)sc2n1. The van der Waals surface area contributed by atoms with E-state index >= 15 is 0 Å². The maximum absolute atomic E-state index is 13.3. The van der Waals surface area contributed by atoms with Gasteiger partial charge in [0.15, 0.2) is 0 Å². The molecule has 4 rings (SSSR count). The van der Waals surface area contributed by atoms with Crippen LogP contribution in [0.3, 0.4) is 0 Å². The number of anilines is 1. The molecule has 28 heavy (non-hydrogen) atoms. The van der Waals surface area contributed by atoms with E-state index in [4.69, 9.17) is 9.97 Å². The van der Waals surface area contributed by atoms with Crippen molar-refractivity contribution in [2.45, 2.75) is 84.2 Å². The van der Waals surface area contributed by atoms with Crippen molar-refractivity contribution in [3.63, 3.8) is 0 Å². The van der Waals surface area contributed by atoms with Crippen LogP contribution in [0.15, 0.2) is 0 Å². The van der Waals surface area contributed by atoms with Gasteiger partial charge in [0.1, 0.15) is 16.5 Å². The first-order chi connectivity index (χ1) is 13.5. The first kappa shape index (κ1) is 19.6. The second-order valence-corrected chi connectivity index (χ2v) is 9.58. The van der Waals surface area contributed by atoms with E-state index in [0.29, 0.717) is 12.1 Å². The Morgan fingerprint density at radius 2 is 1.79 bits per heavy atom. The third kappa shape index (κ3) is 3.51. The zero-order chi connectivity index (χ0) is 19.8. The smallest absolute Gasteiger partial charge is 0.264 e. The molecule has 5 nitrogen and oxygen atoms in total. The molecule has 2 aromatic heterocycles. The third-order valence-electron chi connectivity index (χ3n) is 6.59. The minimum absolute atomic E-state index is 0.155. The fourth-order valence-corrected chi connectivity index (χ4v) is 6.04. The van der Waals surface area contributed by atoms with Crippen LogP contribution in [-0.4, -0.2) is 46.5 Å². The van der Waals surface area contributed by atoms with Crippen LogP contribution in [-0.2, 0) is 0 Å². The van der Waals surface area contributed by atoms with Crippen LogP contribution in [0.4, 0.5) is 5.82 Å². The lowest BCUT2D eigenvalue weighted by Gasteiger charge is -2.35. The molecule has 2 fully saturated rings. The summed E-state index contributed by atoms with van der Waals surface area (Å²) in [7, 11) is 1.98. The predicted octanol–water partition coefficient (Wildman–Crippen LogP) is 5.09. The summed E-state index contributed by atoms with van der Waals surface area (Å²) in [6.45, 7) is 7.36. The number of piperidine rings is 1. The minimum Gasteiger partial charge on any atom is -0.353 e. The molecular weight excluding hydrogens is 368 g/mol. The Morgan fingerprint density at radius 3 is 2.50 bits per heavy atom. The van der Waals surface area contributed by atoms with Gasteiger partial charge in [-0.25, -0.2) is 9.97 Å². The van der Waals surface area contributed by atoms with Crippen molar-refractivity contribution in [2.75, 3.05) is 18.5 Å². The van der Waals surface area contributed by atoms with Crippen molar-refractivity contribution in [1.29, 1.82) is 0 Å². The first-order valence-corrected chi connectivity index (χ1v) is 11.6. The van der Waals surface area contributed by atoms with Gasteiger partial charge in [-0.1, -0.05) is 19.3 Å². The van der Waals surface area contributed by atoms with E-state index in [1.165, 1.54) is 38.5 Å². The Kier molecular flexibility index (Phi) is 5.59. The molecule has 1 saturated carbocycles. The molecule has 0 spiro atoms. The molecule has 6 heteroatoms. The summed E-state index contributed by atoms with van der Waals surface area (Å²) in [5, 5.41) is 1.09. The predicted molar refractivity (Wildman–Crippen MR) is 117 cm³/mol. The number of nitrogens with zero attached hydrogens (tertiary/aromatic N) is 4. The number of fused-ring (bicyclic) bond motifs is 1. The number of aromatic nitrogens is 2. The molecule has 0 bridgehead atoms. The molecule has 152 valence electrons. The largest absolute Gasteiger partial charge is 0.353 e. The van der Waals surface area contributed by atoms with E-state index in [1.807, 2.05) is 18.9 Å². The van der Waals surface area contributed by atoms with Crippen molar-refractivity contribution in [3.8, 4) is 0 Å². The van der Waals surface area contributed by atoms with Gasteiger partial charge in [0.2, 0.25) is 0 Å². The van der Waals surface area contributed by atoms with Crippen LogP contribution in [0.25, 0.3) is 10.2 Å². The lowest BCUT2D eigenvalue weighted by molar-refractivity contribution is 0.0700. The molecule has 1 amide bonds. The second-order valence-electron chi connectivity index (χ2n) is 8.58. The van der Waals surface area contributed by atoms with Gasteiger partial charge >= 0.3 is 0 Å². The van der Waals surface area contributed by atoms with E-state index < -0.39 is 0 Å². The van der Waals surface area contributed by atoms with E-state index in [2.05, 4.69) is 18.7 Å². The summed E-state index contributed by atoms with van der Waals surface area (Å²) in [6, 6.07) is 0.856. The Bertz CT molecular complexity index is 871. The van der Waals surface area contributed by atoms with Crippen molar-refractivity contribution in [1.82, 2.24) is 14.9 Å². The maximum atomic E-state index is 13.3. The Hall–Kier alpha value is -1.69. The molecule has 1 aliphatic carbocycles. The van der Waals surface area contributed by atoms with Crippen molar-refractivity contribution < 1.29 is 4.79 Å². The van der Waals surface area contributed by atoms with Crippen LogP contribution in [0.5, 0.6) is 0 Å². The number of carbonyl (C=O) groups excluding carboxylic acids is 1. The van der Waals surface area contributed by atoms with E-state index in [9.17, 15) is 4.79 Å². The van der Waals surface area contributed by atoms with Crippen LogP contribution < -0.4 is 4.90 Å². The normalized spacial score (nSPS) is 21.3. The topological polar surface area (TPSA) is 49.3 Å². The zero-order valence-corrected chi connectivity index (χ0v) is 18.4. The molecule has 0 aromatic carbocycles. The average molecular weight is 401 g/mol. The molecule has 1 aliphatic heterocycles. The van der Waals surface area contributed by atoms with E-state index in [1.54, 1.807) is 11.3 Å². The molecule has 0 N–H and O–H groups in total. The number of hydrogen-bond acceptors (Lipinski definition) is 5. The fraction of sp³-hybridized carbons (Fsp3) is 0.682. The summed E-state index contributed by atoms with van der Waals surface area (Å²) < 4.78 is 0. The Balaban J connectivity index is 1.73. The van der Waals surface area contributed by atoms with Crippen LogP contribution >= 0.6 is 11.3 Å². The quantitative estimate of drug-likeness (QED) is 0.720. The number of hydrogen-bond donors (Lipinski definition) is 0. The third-order valence-corrected chi connectivity index (χ3v) is 7.77. The van der Waals surface area contributed by atoms with Crippen molar-refractivity contribution in [2.24, 2.45) is 0 Å². The first-order valence-electron chi connectivity index (χ1n) is 10.8. The van der Waals surface area contributed by atoms with Gasteiger partial charge < -0.3 is 9.80 Å². The summed E-state index contributed by atoms with van der Waals surface area (Å²) in [5.74, 6) is 1.98. The number of carbonyl (C=O) groups is 1. The number of aryl methyl sites for hydroxylation is 2. The Labute approximate surface area is 172 Å². The minimum atomic E-state index is 0.155. The highest BCUT2D eigenvalue weighted by Gasteiger charge is 2.29. The van der Waals surface area contributed by atoms with Gasteiger partial charge in [-0.15, -0.1) is 11.3 Å². The summed E-state index contributed by atoms with van der Waals surface area (Å²) in [6.07, 6.45) is 9.70. The lowest BCUT2D eigenvalue weighted by Crippen LogP contribution is -2.38. The van der Waals surface area contributed by atoms with Gasteiger partial charge in [0.25, 0.3) is 5.91 Å². The van der Waals surface area contributed by atoms with Crippen LogP contribution in [0.1, 0.15) is 79.3 Å². The van der Waals surface area contributed by atoms with Gasteiger partial charge in [0.05, 0.1) is 10.3 Å². The van der Waals surface area contributed by atoms with Gasteiger partial charge in [0, 0.05) is 25.7 Å². The number of rotatable bonds is 3. The molecule has 3 heterocycles. The number of thiophene rings is 1. The highest BCUT2D eigenvalue weighted by molar-refractivity contribution is 7.20. The second kappa shape index (κ2) is 7.97. The number of amides is 1. The average Bonchev–Trinajstić information content (AvgIpc) is 3.03. The van der Waals surface area contributed by atoms with Gasteiger partial charge in [-0.05, 0) is 58.4 Å². The van der Waals surface area contributed by atoms with Gasteiger partial charge in [-0.2, -0.15) is 0 Å². The zero-order valence-electron chi connectivity index (χ0n) is 17.6. The van der Waals surface area contributed by atoms with E-state index in [0.717, 1.165) is 51.7 Å². The maximum Gasteiger partial charge on any atom is 0.264 e. The van der Waals surface area contributed by atoms with E-state index in [-0.39, 0.29) is 5.91 Å². The molecule has 1 atom stereocenters. The highest BCUT2D eigenvalue weighted by Crippen LogP contribution is 2.38. The molecule has 2 aliphatic rings. The lowest BCUT2D eigenvalue weighted by atomic mass is 9.94. The molecule has 2 aromatic rings. The van der Waals surface area contributed by atoms with Crippen molar-refractivity contribution >= 4 is 33.3 Å². The monoisotopic (exact) mass is 400 g/mol. The summed E-state index contributed by atoms with van der Waals surface area (Å²) in [4.78, 5) is 29.1. The van der Waals surface area contributed by atoms with Crippen LogP contribution in [0.2, 0.25) is 0 Å². The Morgan fingerprint density at radius 1 is 1.07 bits per heavy atom. The fourth-order valence-electron chi connectivity index (χ4n) is 4.84. The standard InChI is InChI=1S/C22H32N4OS/c1-14-10-8-9-13-26(14)20-18-15(2)19(28-21(18)24-16(3)23-20)22(27)25(4)17-11-6-5-7-12-17/h14,17H,5-13H2,1-4H3/t14-/m1/s1. The van der Waals surface area contributed by atoms with Gasteiger partial charge in [-0.3, -0.25) is 4.79 Å². The molecule has 1 saturated heterocycles. The van der Waals surface area contributed by atoms with Crippen LogP contribution in [0, 0.1) is 13.8 Å². The van der Waals surface area contributed by atoms with Crippen molar-refractivity contribution in [3.05, 3.63) is 16.3 Å². The summed E-state index contributed by atoms with van der Waals surface area (Å²) >= 11 is 1.55. The molecule has 0 unspecified atom stereocenters.